The van der Waals surface area contributed by atoms with Crippen LogP contribution in [0.3, 0.4) is 0 Å². The molecule has 3 rings (SSSR count). The Kier molecular flexibility index (Phi) is 7.61. The number of oxazole rings is 1. The van der Waals surface area contributed by atoms with E-state index >= 15 is 0 Å². The van der Waals surface area contributed by atoms with Crippen molar-refractivity contribution in [3.05, 3.63) is 66.1 Å². The lowest BCUT2D eigenvalue weighted by atomic mass is 10.1. The summed E-state index contributed by atoms with van der Waals surface area (Å²) in [7, 11) is 0. The maximum absolute atomic E-state index is 13.3. The zero-order valence-electron chi connectivity index (χ0n) is 19.2. The predicted molar refractivity (Wildman–Crippen MR) is 127 cm³/mol. The Balaban J connectivity index is 1.73. The number of nitrogens with one attached hydrogen (secondary N) is 2. The van der Waals surface area contributed by atoms with Crippen LogP contribution in [0.4, 0.5) is 11.4 Å². The molecule has 33 heavy (non-hydrogen) atoms. The standard InChI is InChI=1S/C25H28N4O4/c1-5-29(15-21(31)27-20-13-11-19(12-14-20)26-17(4)30)25(32)22-23(16(2)3)33-24(28-22)18-9-7-6-8-10-18/h6-14,16H,5,15H2,1-4H3,(H,26,30)(H,27,31). The van der Waals surface area contributed by atoms with Crippen LogP contribution in [0.5, 0.6) is 0 Å². The van der Waals surface area contributed by atoms with Crippen LogP contribution in [0, 0.1) is 0 Å². The number of amides is 3. The molecule has 0 radical (unpaired) electrons. The van der Waals surface area contributed by atoms with Gasteiger partial charge in [0.15, 0.2) is 5.69 Å². The van der Waals surface area contributed by atoms with E-state index in [1.54, 1.807) is 31.2 Å². The molecule has 3 aromatic rings. The molecule has 3 amide bonds. The molecule has 0 saturated heterocycles. The summed E-state index contributed by atoms with van der Waals surface area (Å²) in [5.41, 5.74) is 2.20. The fourth-order valence-corrected chi connectivity index (χ4v) is 3.27. The maximum atomic E-state index is 13.3. The van der Waals surface area contributed by atoms with E-state index in [0.29, 0.717) is 29.6 Å². The van der Waals surface area contributed by atoms with Crippen LogP contribution in [-0.2, 0) is 9.59 Å². The number of benzene rings is 2. The molecule has 0 spiro atoms. The third-order valence-electron chi connectivity index (χ3n) is 4.89. The summed E-state index contributed by atoms with van der Waals surface area (Å²) < 4.78 is 5.93. The fraction of sp³-hybridized carbons (Fsp3) is 0.280. The van der Waals surface area contributed by atoms with Gasteiger partial charge in [-0.15, -0.1) is 0 Å². The second-order valence-corrected chi connectivity index (χ2v) is 7.88. The van der Waals surface area contributed by atoms with Gasteiger partial charge in [-0.25, -0.2) is 4.98 Å². The topological polar surface area (TPSA) is 105 Å². The van der Waals surface area contributed by atoms with Crippen LogP contribution in [-0.4, -0.2) is 40.7 Å². The second-order valence-electron chi connectivity index (χ2n) is 7.88. The molecule has 172 valence electrons. The number of rotatable bonds is 8. The minimum absolute atomic E-state index is 0.0522. The third kappa shape index (κ3) is 6.06. The van der Waals surface area contributed by atoms with Gasteiger partial charge in [-0.1, -0.05) is 32.0 Å². The highest BCUT2D eigenvalue weighted by Gasteiger charge is 2.27. The van der Waals surface area contributed by atoms with Gasteiger partial charge in [-0.05, 0) is 43.3 Å². The summed E-state index contributed by atoms with van der Waals surface area (Å²) in [4.78, 5) is 42.9. The van der Waals surface area contributed by atoms with Crippen molar-refractivity contribution >= 4 is 29.1 Å². The van der Waals surface area contributed by atoms with Crippen LogP contribution in [0.25, 0.3) is 11.5 Å². The molecular weight excluding hydrogens is 420 g/mol. The number of anilines is 2. The molecule has 0 atom stereocenters. The smallest absolute Gasteiger partial charge is 0.276 e. The Labute approximate surface area is 193 Å². The van der Waals surface area contributed by atoms with Gasteiger partial charge in [-0.2, -0.15) is 0 Å². The normalized spacial score (nSPS) is 10.7. The Morgan fingerprint density at radius 1 is 0.970 bits per heavy atom. The molecule has 0 unspecified atom stereocenters. The lowest BCUT2D eigenvalue weighted by molar-refractivity contribution is -0.117. The minimum atomic E-state index is -0.358. The molecule has 0 aliphatic heterocycles. The van der Waals surface area contributed by atoms with E-state index in [4.69, 9.17) is 4.42 Å². The number of likely N-dealkylation sites (N-methyl/N-ethyl adjacent to an activating group) is 1. The van der Waals surface area contributed by atoms with Gasteiger partial charge in [0.1, 0.15) is 12.3 Å². The van der Waals surface area contributed by atoms with Crippen LogP contribution in [0.2, 0.25) is 0 Å². The predicted octanol–water partition coefficient (Wildman–Crippen LogP) is 4.52. The van der Waals surface area contributed by atoms with E-state index in [-0.39, 0.29) is 35.9 Å². The number of aromatic nitrogens is 1. The number of carbonyl (C=O) groups is 3. The summed E-state index contributed by atoms with van der Waals surface area (Å²) in [6, 6.07) is 16.1. The van der Waals surface area contributed by atoms with Gasteiger partial charge >= 0.3 is 0 Å². The van der Waals surface area contributed by atoms with Crippen molar-refractivity contribution in [3.63, 3.8) is 0 Å². The van der Waals surface area contributed by atoms with E-state index < -0.39 is 0 Å². The molecule has 0 bridgehead atoms. The minimum Gasteiger partial charge on any atom is -0.440 e. The molecule has 1 aromatic heterocycles. The number of nitrogens with zero attached hydrogens (tertiary/aromatic N) is 2. The molecule has 0 saturated carbocycles. The highest BCUT2D eigenvalue weighted by Crippen LogP contribution is 2.28. The van der Waals surface area contributed by atoms with Gasteiger partial charge in [0.2, 0.25) is 17.7 Å². The van der Waals surface area contributed by atoms with Crippen molar-refractivity contribution < 1.29 is 18.8 Å². The van der Waals surface area contributed by atoms with Crippen molar-refractivity contribution in [1.82, 2.24) is 9.88 Å². The first-order chi connectivity index (χ1) is 15.8. The maximum Gasteiger partial charge on any atom is 0.276 e. The lowest BCUT2D eigenvalue weighted by Gasteiger charge is -2.20. The van der Waals surface area contributed by atoms with Gasteiger partial charge in [0, 0.05) is 36.3 Å². The second kappa shape index (κ2) is 10.6. The summed E-state index contributed by atoms with van der Waals surface area (Å²) in [5, 5.41) is 5.44. The molecule has 0 aliphatic carbocycles. The zero-order valence-corrected chi connectivity index (χ0v) is 19.2. The van der Waals surface area contributed by atoms with Crippen LogP contribution in [0.15, 0.2) is 59.0 Å². The molecule has 8 heteroatoms. The first-order valence-corrected chi connectivity index (χ1v) is 10.8. The summed E-state index contributed by atoms with van der Waals surface area (Å²) >= 11 is 0. The summed E-state index contributed by atoms with van der Waals surface area (Å²) in [6.07, 6.45) is 0. The average molecular weight is 449 g/mol. The number of carbonyl (C=O) groups excluding carboxylic acids is 3. The third-order valence-corrected chi connectivity index (χ3v) is 4.89. The Morgan fingerprint density at radius 2 is 1.58 bits per heavy atom. The van der Waals surface area contributed by atoms with Crippen LogP contribution < -0.4 is 10.6 Å². The summed E-state index contributed by atoms with van der Waals surface area (Å²) in [5.74, 6) is -0.0520. The van der Waals surface area contributed by atoms with Crippen molar-refractivity contribution in [2.45, 2.75) is 33.6 Å². The van der Waals surface area contributed by atoms with Crippen molar-refractivity contribution in [2.24, 2.45) is 0 Å². The van der Waals surface area contributed by atoms with Crippen molar-refractivity contribution in [1.29, 1.82) is 0 Å². The number of hydrogen-bond acceptors (Lipinski definition) is 5. The molecule has 8 nitrogen and oxygen atoms in total. The zero-order chi connectivity index (χ0) is 24.0. The lowest BCUT2D eigenvalue weighted by Crippen LogP contribution is -2.38. The van der Waals surface area contributed by atoms with Gasteiger partial charge < -0.3 is 20.0 Å². The monoisotopic (exact) mass is 448 g/mol. The molecule has 2 N–H and O–H groups in total. The van der Waals surface area contributed by atoms with Gasteiger partial charge in [-0.3, -0.25) is 14.4 Å². The van der Waals surface area contributed by atoms with Crippen molar-refractivity contribution in [2.75, 3.05) is 23.7 Å². The summed E-state index contributed by atoms with van der Waals surface area (Å²) in [6.45, 7) is 7.29. The molecule has 1 heterocycles. The Bertz CT molecular complexity index is 1120. The van der Waals surface area contributed by atoms with E-state index in [1.165, 1.54) is 11.8 Å². The average Bonchev–Trinajstić information content (AvgIpc) is 3.24. The number of hydrogen-bond donors (Lipinski definition) is 2. The Hall–Kier alpha value is -3.94. The van der Waals surface area contributed by atoms with Crippen LogP contribution in [0.1, 0.15) is 49.9 Å². The first-order valence-electron chi connectivity index (χ1n) is 10.8. The highest BCUT2D eigenvalue weighted by molar-refractivity contribution is 5.99. The first kappa shape index (κ1) is 23.7. The van der Waals surface area contributed by atoms with E-state index in [1.807, 2.05) is 44.2 Å². The van der Waals surface area contributed by atoms with Crippen molar-refractivity contribution in [3.8, 4) is 11.5 Å². The van der Waals surface area contributed by atoms with Gasteiger partial charge in [0.25, 0.3) is 5.91 Å². The van der Waals surface area contributed by atoms with E-state index in [0.717, 1.165) is 5.56 Å². The largest absolute Gasteiger partial charge is 0.440 e. The molecule has 0 aliphatic rings. The van der Waals surface area contributed by atoms with Gasteiger partial charge in [0.05, 0.1) is 0 Å². The SMILES string of the molecule is CCN(CC(=O)Nc1ccc(NC(C)=O)cc1)C(=O)c1nc(-c2ccccc2)oc1C(C)C. The molecule has 0 fully saturated rings. The molecular formula is C25H28N4O4. The fourth-order valence-electron chi connectivity index (χ4n) is 3.27. The van der Waals surface area contributed by atoms with E-state index in [2.05, 4.69) is 15.6 Å². The van der Waals surface area contributed by atoms with E-state index in [9.17, 15) is 14.4 Å². The highest BCUT2D eigenvalue weighted by atomic mass is 16.4. The molecule has 2 aromatic carbocycles. The van der Waals surface area contributed by atoms with Crippen LogP contribution >= 0.6 is 0 Å². The Morgan fingerprint density at radius 3 is 2.12 bits per heavy atom. The quantitative estimate of drug-likeness (QED) is 0.527.